The van der Waals surface area contributed by atoms with Gasteiger partial charge >= 0.3 is 0 Å². The van der Waals surface area contributed by atoms with E-state index in [1.807, 2.05) is 0 Å². The van der Waals surface area contributed by atoms with Crippen LogP contribution in [0.3, 0.4) is 0 Å². The fraction of sp³-hybridized carbons (Fsp3) is 1.00. The number of sulfone groups is 1. The summed E-state index contributed by atoms with van der Waals surface area (Å²) in [6.45, 7) is 4.55. The van der Waals surface area contributed by atoms with E-state index in [9.17, 15) is 8.42 Å². The van der Waals surface area contributed by atoms with E-state index in [4.69, 9.17) is 5.73 Å². The van der Waals surface area contributed by atoms with Gasteiger partial charge in [0, 0.05) is 11.8 Å². The molecule has 96 valence electrons. The monoisotopic (exact) mass is 247 g/mol. The van der Waals surface area contributed by atoms with Crippen LogP contribution < -0.4 is 5.73 Å². The van der Waals surface area contributed by atoms with Crippen molar-refractivity contribution in [3.8, 4) is 0 Å². The molecule has 4 heteroatoms. The zero-order valence-corrected chi connectivity index (χ0v) is 11.6. The average molecular weight is 247 g/mol. The zero-order chi connectivity index (χ0) is 12.4. The van der Waals surface area contributed by atoms with Gasteiger partial charge in [0.25, 0.3) is 0 Å². The van der Waals surface area contributed by atoms with Crippen molar-refractivity contribution in [1.82, 2.24) is 0 Å². The molecule has 0 radical (unpaired) electrons. The summed E-state index contributed by atoms with van der Waals surface area (Å²) in [5.41, 5.74) is 6.44. The molecule has 0 amide bonds. The summed E-state index contributed by atoms with van der Waals surface area (Å²) >= 11 is 0. The predicted molar refractivity (Wildman–Crippen MR) is 68.1 cm³/mol. The third-order valence-corrected chi connectivity index (χ3v) is 4.74. The van der Waals surface area contributed by atoms with Crippen molar-refractivity contribution < 1.29 is 8.42 Å². The van der Waals surface area contributed by atoms with Gasteiger partial charge in [0.1, 0.15) is 9.84 Å². The van der Waals surface area contributed by atoms with Crippen molar-refractivity contribution in [1.29, 1.82) is 0 Å². The van der Waals surface area contributed by atoms with Crippen LogP contribution in [0.2, 0.25) is 0 Å². The van der Waals surface area contributed by atoms with Crippen LogP contribution >= 0.6 is 0 Å². The second kappa shape index (κ2) is 4.65. The van der Waals surface area contributed by atoms with Gasteiger partial charge in [-0.15, -0.1) is 0 Å². The van der Waals surface area contributed by atoms with E-state index in [1.165, 1.54) is 12.7 Å². The lowest BCUT2D eigenvalue weighted by atomic mass is 9.83. The van der Waals surface area contributed by atoms with Crippen LogP contribution in [0.4, 0.5) is 0 Å². The Kier molecular flexibility index (Phi) is 4.06. The highest BCUT2D eigenvalue weighted by Crippen LogP contribution is 2.38. The highest BCUT2D eigenvalue weighted by molar-refractivity contribution is 7.90. The quantitative estimate of drug-likeness (QED) is 0.777. The molecular weight excluding hydrogens is 222 g/mol. The molecule has 1 unspecified atom stereocenters. The first-order chi connectivity index (χ1) is 7.12. The standard InChI is InChI=1S/C12H25NO2S/c1-11(2)5-4-6-12(13,8-7-11)9-10-16(3,14)15/h4-10,13H2,1-3H3. The lowest BCUT2D eigenvalue weighted by Gasteiger charge is -2.29. The molecule has 1 atom stereocenters. The van der Waals surface area contributed by atoms with Crippen LogP contribution in [0, 0.1) is 5.41 Å². The maximum absolute atomic E-state index is 11.2. The molecule has 1 aliphatic carbocycles. The summed E-state index contributed by atoms with van der Waals surface area (Å²) in [6, 6.07) is 0. The molecule has 1 rings (SSSR count). The minimum atomic E-state index is -2.88. The first-order valence-corrected chi connectivity index (χ1v) is 8.15. The van der Waals surface area contributed by atoms with Gasteiger partial charge in [0.05, 0.1) is 5.75 Å². The third-order valence-electron chi connectivity index (χ3n) is 3.80. The average Bonchev–Trinajstić information content (AvgIpc) is 2.23. The van der Waals surface area contributed by atoms with Crippen LogP contribution in [-0.2, 0) is 9.84 Å². The van der Waals surface area contributed by atoms with Crippen LogP contribution in [0.1, 0.15) is 52.4 Å². The normalized spacial score (nSPS) is 31.0. The summed E-state index contributed by atoms with van der Waals surface area (Å²) < 4.78 is 22.3. The Balaban J connectivity index is 2.57. The molecule has 0 bridgehead atoms. The van der Waals surface area contributed by atoms with Gasteiger partial charge in [-0.1, -0.05) is 20.3 Å². The van der Waals surface area contributed by atoms with Crippen LogP contribution in [0.15, 0.2) is 0 Å². The van der Waals surface area contributed by atoms with E-state index < -0.39 is 9.84 Å². The summed E-state index contributed by atoms with van der Waals surface area (Å²) in [5.74, 6) is 0.226. The van der Waals surface area contributed by atoms with Crippen LogP contribution in [0.5, 0.6) is 0 Å². The molecule has 3 nitrogen and oxygen atoms in total. The highest BCUT2D eigenvalue weighted by Gasteiger charge is 2.32. The summed E-state index contributed by atoms with van der Waals surface area (Å²) in [6.07, 6.45) is 7.24. The molecule has 0 spiro atoms. The van der Waals surface area contributed by atoms with Gasteiger partial charge in [-0.2, -0.15) is 0 Å². The second-order valence-electron chi connectivity index (χ2n) is 6.26. The van der Waals surface area contributed by atoms with Crippen molar-refractivity contribution in [2.24, 2.45) is 11.1 Å². The van der Waals surface area contributed by atoms with E-state index in [-0.39, 0.29) is 11.3 Å². The summed E-state index contributed by atoms with van der Waals surface area (Å²) in [4.78, 5) is 0. The van der Waals surface area contributed by atoms with E-state index >= 15 is 0 Å². The molecule has 0 aromatic carbocycles. The Morgan fingerprint density at radius 2 is 1.75 bits per heavy atom. The third kappa shape index (κ3) is 4.83. The SMILES string of the molecule is CC1(C)CCCC(N)(CCS(C)(=O)=O)CC1. The van der Waals surface area contributed by atoms with Gasteiger partial charge in [0.2, 0.25) is 0 Å². The lowest BCUT2D eigenvalue weighted by molar-refractivity contribution is 0.295. The molecule has 2 N–H and O–H groups in total. The predicted octanol–water partition coefficient (Wildman–Crippen LogP) is 2.11. The number of hydrogen-bond donors (Lipinski definition) is 1. The number of rotatable bonds is 3. The van der Waals surface area contributed by atoms with E-state index in [1.54, 1.807) is 0 Å². The minimum absolute atomic E-state index is 0.226. The van der Waals surface area contributed by atoms with Crippen LogP contribution in [-0.4, -0.2) is 26.0 Å². The Bertz CT molecular complexity index is 335. The second-order valence-corrected chi connectivity index (χ2v) is 8.52. The lowest BCUT2D eigenvalue weighted by Crippen LogP contribution is -2.41. The van der Waals surface area contributed by atoms with Crippen molar-refractivity contribution >= 4 is 9.84 Å². The van der Waals surface area contributed by atoms with Crippen molar-refractivity contribution in [3.63, 3.8) is 0 Å². The van der Waals surface area contributed by atoms with Crippen molar-refractivity contribution in [3.05, 3.63) is 0 Å². The van der Waals surface area contributed by atoms with Gasteiger partial charge in [-0.05, 0) is 37.5 Å². The zero-order valence-electron chi connectivity index (χ0n) is 10.8. The molecule has 1 saturated carbocycles. The van der Waals surface area contributed by atoms with Crippen molar-refractivity contribution in [2.75, 3.05) is 12.0 Å². The molecule has 0 heterocycles. The molecule has 0 aliphatic heterocycles. The topological polar surface area (TPSA) is 60.2 Å². The summed E-state index contributed by atoms with van der Waals surface area (Å²) in [7, 11) is -2.88. The first-order valence-electron chi connectivity index (χ1n) is 6.09. The smallest absolute Gasteiger partial charge is 0.147 e. The molecule has 0 aromatic rings. The summed E-state index contributed by atoms with van der Waals surface area (Å²) in [5, 5.41) is 0. The highest BCUT2D eigenvalue weighted by atomic mass is 32.2. The Morgan fingerprint density at radius 3 is 2.31 bits per heavy atom. The Hall–Kier alpha value is -0.0900. The van der Waals surface area contributed by atoms with Gasteiger partial charge in [-0.25, -0.2) is 8.42 Å². The number of nitrogens with two attached hydrogens (primary N) is 1. The fourth-order valence-corrected chi connectivity index (χ4v) is 3.17. The molecule has 16 heavy (non-hydrogen) atoms. The van der Waals surface area contributed by atoms with Gasteiger partial charge in [-0.3, -0.25) is 0 Å². The number of hydrogen-bond acceptors (Lipinski definition) is 3. The van der Waals surface area contributed by atoms with Gasteiger partial charge < -0.3 is 5.73 Å². The molecule has 1 fully saturated rings. The fourth-order valence-electron chi connectivity index (χ4n) is 2.39. The maximum Gasteiger partial charge on any atom is 0.147 e. The van der Waals surface area contributed by atoms with Crippen LogP contribution in [0.25, 0.3) is 0 Å². The van der Waals surface area contributed by atoms with E-state index in [0.29, 0.717) is 11.8 Å². The molecule has 1 aliphatic rings. The molecule has 0 aromatic heterocycles. The van der Waals surface area contributed by atoms with Gasteiger partial charge in [0.15, 0.2) is 0 Å². The minimum Gasteiger partial charge on any atom is -0.325 e. The Morgan fingerprint density at radius 1 is 1.12 bits per heavy atom. The Labute approximate surface area is 99.7 Å². The first kappa shape index (κ1) is 14.0. The van der Waals surface area contributed by atoms with Crippen molar-refractivity contribution in [2.45, 2.75) is 57.9 Å². The molecule has 0 saturated heterocycles. The molecular formula is C12H25NO2S. The largest absolute Gasteiger partial charge is 0.325 e. The maximum atomic E-state index is 11.2. The van der Waals surface area contributed by atoms with E-state index in [2.05, 4.69) is 13.8 Å². The van der Waals surface area contributed by atoms with E-state index in [0.717, 1.165) is 25.7 Å².